The molecule has 0 bridgehead atoms. The molecule has 0 aliphatic rings. The summed E-state index contributed by atoms with van der Waals surface area (Å²) in [5.41, 5.74) is -0.254. The minimum atomic E-state index is -0.977. The maximum atomic E-state index is 12.0. The maximum absolute atomic E-state index is 12.0. The summed E-state index contributed by atoms with van der Waals surface area (Å²) in [6.45, 7) is 4.32. The Kier molecular flexibility index (Phi) is 6.33. The van der Waals surface area contributed by atoms with Crippen molar-refractivity contribution in [2.45, 2.75) is 38.7 Å². The number of nitrogens with zero attached hydrogens (tertiary/aromatic N) is 2. The number of rotatable bonds is 8. The van der Waals surface area contributed by atoms with Crippen LogP contribution >= 0.6 is 11.5 Å². The van der Waals surface area contributed by atoms with Gasteiger partial charge in [0.2, 0.25) is 0 Å². The number of hydrogen-bond acceptors (Lipinski definition) is 6. The van der Waals surface area contributed by atoms with E-state index in [9.17, 15) is 9.90 Å². The van der Waals surface area contributed by atoms with Gasteiger partial charge in [0.15, 0.2) is 0 Å². The first kappa shape index (κ1) is 16.0. The van der Waals surface area contributed by atoms with E-state index in [0.717, 1.165) is 30.1 Å². The predicted octanol–water partition coefficient (Wildman–Crippen LogP) is 1.01. The fraction of sp³-hybridized carbons (Fsp3) is 0.750. The highest BCUT2D eigenvalue weighted by Gasteiger charge is 2.23. The third-order valence-electron chi connectivity index (χ3n) is 2.72. The first-order valence-corrected chi connectivity index (χ1v) is 7.08. The number of ether oxygens (including phenoxy) is 1. The summed E-state index contributed by atoms with van der Waals surface area (Å²) in [4.78, 5) is 12.5. The van der Waals surface area contributed by atoms with Gasteiger partial charge in [-0.05, 0) is 24.9 Å². The number of aromatic nitrogens is 2. The summed E-state index contributed by atoms with van der Waals surface area (Å²) in [6, 6.07) is 0. The molecular weight excluding hydrogens is 266 g/mol. The molecular formula is C12H21N3O3S. The average molecular weight is 287 g/mol. The molecule has 0 saturated heterocycles. The largest absolute Gasteiger partial charge is 0.388 e. The Labute approximate surface area is 117 Å². The van der Waals surface area contributed by atoms with Crippen LogP contribution in [0.1, 0.15) is 42.1 Å². The van der Waals surface area contributed by atoms with Crippen LogP contribution in [0.3, 0.4) is 0 Å². The number of amides is 1. The van der Waals surface area contributed by atoms with Gasteiger partial charge in [0, 0.05) is 26.7 Å². The van der Waals surface area contributed by atoms with Crippen LogP contribution in [0.25, 0.3) is 0 Å². The lowest BCUT2D eigenvalue weighted by atomic mass is 10.0. The van der Waals surface area contributed by atoms with E-state index in [-0.39, 0.29) is 12.5 Å². The van der Waals surface area contributed by atoms with E-state index in [0.29, 0.717) is 17.9 Å². The van der Waals surface area contributed by atoms with Gasteiger partial charge >= 0.3 is 0 Å². The van der Waals surface area contributed by atoms with E-state index >= 15 is 0 Å². The Hall–Kier alpha value is -1.05. The normalized spacial score (nSPS) is 14.1. The summed E-state index contributed by atoms with van der Waals surface area (Å²) in [6.07, 6.45) is 2.11. The van der Waals surface area contributed by atoms with Gasteiger partial charge in [-0.1, -0.05) is 17.8 Å². The Morgan fingerprint density at radius 3 is 2.95 bits per heavy atom. The molecule has 0 fully saturated rings. The number of hydrogen-bond donors (Lipinski definition) is 2. The highest BCUT2D eigenvalue weighted by Crippen LogP contribution is 2.13. The molecule has 1 aromatic heterocycles. The average Bonchev–Trinajstić information content (AvgIpc) is 2.82. The van der Waals surface area contributed by atoms with Crippen molar-refractivity contribution in [3.63, 3.8) is 0 Å². The van der Waals surface area contributed by atoms with Crippen molar-refractivity contribution < 1.29 is 14.6 Å². The Balaban J connectivity index is 2.52. The Morgan fingerprint density at radius 1 is 1.58 bits per heavy atom. The molecule has 7 heteroatoms. The van der Waals surface area contributed by atoms with Crippen molar-refractivity contribution in [2.75, 3.05) is 20.3 Å². The van der Waals surface area contributed by atoms with Crippen molar-refractivity contribution in [3.8, 4) is 0 Å². The number of carbonyl (C=O) groups excluding carboxylic acids is 1. The van der Waals surface area contributed by atoms with E-state index in [4.69, 9.17) is 4.74 Å². The topological polar surface area (TPSA) is 84.3 Å². The summed E-state index contributed by atoms with van der Waals surface area (Å²) in [5, 5.41) is 16.7. The quantitative estimate of drug-likeness (QED) is 0.745. The van der Waals surface area contributed by atoms with Crippen molar-refractivity contribution in [3.05, 3.63) is 10.6 Å². The number of methoxy groups -OCH3 is 1. The Morgan fingerprint density at radius 2 is 2.32 bits per heavy atom. The highest BCUT2D eigenvalue weighted by atomic mass is 32.1. The molecule has 1 heterocycles. The SMILES string of the molecule is CCCc1nnsc1C(=O)NCC(C)(O)CCOC. The van der Waals surface area contributed by atoms with Crippen LogP contribution in [0.5, 0.6) is 0 Å². The number of carbonyl (C=O) groups is 1. The van der Waals surface area contributed by atoms with Crippen LogP contribution in [0.4, 0.5) is 0 Å². The fourth-order valence-electron chi connectivity index (χ4n) is 1.54. The lowest BCUT2D eigenvalue weighted by Gasteiger charge is -2.23. The van der Waals surface area contributed by atoms with Crippen LogP contribution in [0.2, 0.25) is 0 Å². The van der Waals surface area contributed by atoms with E-state index in [1.807, 2.05) is 6.92 Å². The maximum Gasteiger partial charge on any atom is 0.265 e. The van der Waals surface area contributed by atoms with E-state index in [2.05, 4.69) is 14.9 Å². The Bertz CT molecular complexity index is 407. The molecule has 6 nitrogen and oxygen atoms in total. The summed E-state index contributed by atoms with van der Waals surface area (Å²) in [5.74, 6) is -0.226. The zero-order chi connectivity index (χ0) is 14.3. The van der Waals surface area contributed by atoms with Gasteiger partial charge in [0.25, 0.3) is 5.91 Å². The molecule has 1 amide bonds. The van der Waals surface area contributed by atoms with Crippen LogP contribution < -0.4 is 5.32 Å². The predicted molar refractivity (Wildman–Crippen MR) is 73.4 cm³/mol. The van der Waals surface area contributed by atoms with Crippen LogP contribution in [-0.4, -0.2) is 46.5 Å². The molecule has 0 spiro atoms. The molecule has 1 unspecified atom stereocenters. The lowest BCUT2D eigenvalue weighted by molar-refractivity contribution is 0.0244. The van der Waals surface area contributed by atoms with Crippen molar-refractivity contribution in [1.82, 2.24) is 14.9 Å². The molecule has 0 aliphatic heterocycles. The van der Waals surface area contributed by atoms with Crippen LogP contribution in [0, 0.1) is 0 Å². The number of nitrogens with one attached hydrogen (secondary N) is 1. The van der Waals surface area contributed by atoms with Gasteiger partial charge in [0.05, 0.1) is 11.3 Å². The second-order valence-corrected chi connectivity index (χ2v) is 5.48. The summed E-state index contributed by atoms with van der Waals surface area (Å²) >= 11 is 1.09. The third kappa shape index (κ3) is 5.22. The summed E-state index contributed by atoms with van der Waals surface area (Å²) < 4.78 is 8.72. The number of aryl methyl sites for hydroxylation is 1. The first-order valence-electron chi connectivity index (χ1n) is 6.31. The van der Waals surface area contributed by atoms with Crippen molar-refractivity contribution in [1.29, 1.82) is 0 Å². The zero-order valence-electron chi connectivity index (χ0n) is 11.6. The standard InChI is InChI=1S/C12H21N3O3S/c1-4-5-9-10(19-15-14-9)11(16)13-8-12(2,17)6-7-18-3/h17H,4-8H2,1-3H3,(H,13,16). The van der Waals surface area contributed by atoms with Crippen molar-refractivity contribution in [2.24, 2.45) is 0 Å². The first-order chi connectivity index (χ1) is 9.00. The lowest BCUT2D eigenvalue weighted by Crippen LogP contribution is -2.41. The smallest absolute Gasteiger partial charge is 0.265 e. The van der Waals surface area contributed by atoms with Crippen LogP contribution in [-0.2, 0) is 11.2 Å². The molecule has 19 heavy (non-hydrogen) atoms. The van der Waals surface area contributed by atoms with E-state index in [1.165, 1.54) is 0 Å². The summed E-state index contributed by atoms with van der Waals surface area (Å²) in [7, 11) is 1.58. The number of aliphatic hydroxyl groups is 1. The van der Waals surface area contributed by atoms with Gasteiger partial charge in [-0.25, -0.2) is 0 Å². The van der Waals surface area contributed by atoms with Gasteiger partial charge in [-0.2, -0.15) is 0 Å². The van der Waals surface area contributed by atoms with Gasteiger partial charge < -0.3 is 15.2 Å². The molecule has 1 atom stereocenters. The molecule has 1 rings (SSSR count). The molecule has 1 aromatic rings. The molecule has 0 aliphatic carbocycles. The van der Waals surface area contributed by atoms with Gasteiger partial charge in [0.1, 0.15) is 4.88 Å². The minimum absolute atomic E-state index is 0.179. The van der Waals surface area contributed by atoms with Gasteiger partial charge in [-0.15, -0.1) is 5.10 Å². The molecule has 2 N–H and O–H groups in total. The monoisotopic (exact) mass is 287 g/mol. The van der Waals surface area contributed by atoms with E-state index in [1.54, 1.807) is 14.0 Å². The van der Waals surface area contributed by atoms with Crippen molar-refractivity contribution >= 4 is 17.4 Å². The molecule has 0 aromatic carbocycles. The zero-order valence-corrected chi connectivity index (χ0v) is 12.4. The van der Waals surface area contributed by atoms with Gasteiger partial charge in [-0.3, -0.25) is 4.79 Å². The molecule has 108 valence electrons. The second-order valence-electron chi connectivity index (χ2n) is 4.72. The fourth-order valence-corrected chi connectivity index (χ4v) is 2.17. The third-order valence-corrected chi connectivity index (χ3v) is 3.49. The molecule has 0 radical (unpaired) electrons. The highest BCUT2D eigenvalue weighted by molar-refractivity contribution is 7.08. The minimum Gasteiger partial charge on any atom is -0.388 e. The molecule has 0 saturated carbocycles. The second kappa shape index (κ2) is 7.52. The van der Waals surface area contributed by atoms with Crippen LogP contribution in [0.15, 0.2) is 0 Å². The van der Waals surface area contributed by atoms with E-state index < -0.39 is 5.60 Å².